The molecule has 90 valence electrons. The summed E-state index contributed by atoms with van der Waals surface area (Å²) in [5.41, 5.74) is 8.72. The summed E-state index contributed by atoms with van der Waals surface area (Å²) in [6.07, 6.45) is 7.99. The first-order valence-electron chi connectivity index (χ1n) is 6.27. The summed E-state index contributed by atoms with van der Waals surface area (Å²) in [6.45, 7) is 3.41. The molecule has 0 radical (unpaired) electrons. The standard InChI is InChI=1S/C13H18N4/c14-11-4-7-17-12(9-15-13(17)8-11)10-16-5-2-1-3-6-16/h4,7-9H,1-3,5-6,10,14H2. The van der Waals surface area contributed by atoms with Gasteiger partial charge in [0.15, 0.2) is 0 Å². The zero-order valence-electron chi connectivity index (χ0n) is 9.97. The largest absolute Gasteiger partial charge is 0.399 e. The lowest BCUT2D eigenvalue weighted by molar-refractivity contribution is 0.218. The number of hydrogen-bond acceptors (Lipinski definition) is 3. The molecule has 1 saturated heterocycles. The molecular weight excluding hydrogens is 212 g/mol. The van der Waals surface area contributed by atoms with Gasteiger partial charge in [-0.05, 0) is 32.0 Å². The Kier molecular flexibility index (Phi) is 2.73. The number of likely N-dealkylation sites (tertiary alicyclic amines) is 1. The highest BCUT2D eigenvalue weighted by Crippen LogP contribution is 2.15. The summed E-state index contributed by atoms with van der Waals surface area (Å²) in [5, 5.41) is 0. The van der Waals surface area contributed by atoms with E-state index in [1.165, 1.54) is 38.0 Å². The lowest BCUT2D eigenvalue weighted by atomic mass is 10.1. The summed E-state index contributed by atoms with van der Waals surface area (Å²) < 4.78 is 2.13. The summed E-state index contributed by atoms with van der Waals surface area (Å²) in [6, 6.07) is 3.84. The van der Waals surface area contributed by atoms with Gasteiger partial charge in [-0.3, -0.25) is 4.90 Å². The van der Waals surface area contributed by atoms with Gasteiger partial charge in [-0.1, -0.05) is 6.42 Å². The fraction of sp³-hybridized carbons (Fsp3) is 0.462. The van der Waals surface area contributed by atoms with E-state index in [0.717, 1.165) is 17.9 Å². The highest BCUT2D eigenvalue weighted by atomic mass is 15.1. The normalized spacial score (nSPS) is 17.6. The van der Waals surface area contributed by atoms with E-state index in [-0.39, 0.29) is 0 Å². The predicted molar refractivity (Wildman–Crippen MR) is 68.7 cm³/mol. The van der Waals surface area contributed by atoms with Crippen molar-refractivity contribution in [2.24, 2.45) is 0 Å². The van der Waals surface area contributed by atoms with Gasteiger partial charge < -0.3 is 10.1 Å². The number of nitrogens with two attached hydrogens (primary N) is 1. The maximum atomic E-state index is 5.75. The molecule has 17 heavy (non-hydrogen) atoms. The third kappa shape index (κ3) is 2.13. The molecule has 1 aliphatic rings. The van der Waals surface area contributed by atoms with Gasteiger partial charge in [0.25, 0.3) is 0 Å². The number of nitrogens with zero attached hydrogens (tertiary/aromatic N) is 3. The molecule has 0 bridgehead atoms. The van der Waals surface area contributed by atoms with Gasteiger partial charge in [0.2, 0.25) is 0 Å². The molecule has 2 aromatic rings. The second kappa shape index (κ2) is 4.37. The van der Waals surface area contributed by atoms with Gasteiger partial charge in [-0.15, -0.1) is 0 Å². The molecule has 0 aromatic carbocycles. The Bertz CT molecular complexity index is 511. The van der Waals surface area contributed by atoms with Crippen LogP contribution in [0, 0.1) is 0 Å². The van der Waals surface area contributed by atoms with Gasteiger partial charge in [0.05, 0.1) is 11.9 Å². The van der Waals surface area contributed by atoms with Crippen LogP contribution in [0.25, 0.3) is 5.65 Å². The Labute approximate surface area is 101 Å². The third-order valence-corrected chi connectivity index (χ3v) is 3.45. The van der Waals surface area contributed by atoms with Crippen molar-refractivity contribution < 1.29 is 0 Å². The van der Waals surface area contributed by atoms with Crippen molar-refractivity contribution in [1.29, 1.82) is 0 Å². The molecule has 0 aliphatic carbocycles. The fourth-order valence-corrected chi connectivity index (χ4v) is 2.51. The molecule has 1 fully saturated rings. The fourth-order valence-electron chi connectivity index (χ4n) is 2.51. The SMILES string of the molecule is Nc1ccn2c(CN3CCCCC3)cnc2c1. The van der Waals surface area contributed by atoms with Crippen molar-refractivity contribution in [3.8, 4) is 0 Å². The number of hydrogen-bond donors (Lipinski definition) is 1. The van der Waals surface area contributed by atoms with Gasteiger partial charge >= 0.3 is 0 Å². The number of nitrogen functional groups attached to an aromatic ring is 1. The number of imidazole rings is 1. The van der Waals surface area contributed by atoms with Crippen LogP contribution in [0.3, 0.4) is 0 Å². The number of rotatable bonds is 2. The molecule has 2 aromatic heterocycles. The van der Waals surface area contributed by atoms with Crippen LogP contribution < -0.4 is 5.73 Å². The number of pyridine rings is 1. The molecule has 3 rings (SSSR count). The minimum Gasteiger partial charge on any atom is -0.399 e. The van der Waals surface area contributed by atoms with Crippen molar-refractivity contribution >= 4 is 11.3 Å². The Hall–Kier alpha value is -1.55. The molecule has 0 atom stereocenters. The van der Waals surface area contributed by atoms with Crippen molar-refractivity contribution in [3.63, 3.8) is 0 Å². The number of aromatic nitrogens is 2. The molecule has 4 nitrogen and oxygen atoms in total. The first-order valence-corrected chi connectivity index (χ1v) is 6.27. The predicted octanol–water partition coefficient (Wildman–Crippen LogP) is 1.90. The Balaban J connectivity index is 1.84. The van der Waals surface area contributed by atoms with Crippen molar-refractivity contribution in [1.82, 2.24) is 14.3 Å². The molecule has 0 amide bonds. The van der Waals surface area contributed by atoms with E-state index >= 15 is 0 Å². The van der Waals surface area contributed by atoms with E-state index in [9.17, 15) is 0 Å². The lowest BCUT2D eigenvalue weighted by Crippen LogP contribution is -2.29. The Morgan fingerprint density at radius 3 is 2.88 bits per heavy atom. The van der Waals surface area contributed by atoms with E-state index in [2.05, 4.69) is 14.3 Å². The highest BCUT2D eigenvalue weighted by Gasteiger charge is 2.12. The van der Waals surface area contributed by atoms with Crippen molar-refractivity contribution in [3.05, 3.63) is 30.2 Å². The topological polar surface area (TPSA) is 46.6 Å². The van der Waals surface area contributed by atoms with E-state index in [1.807, 2.05) is 24.5 Å². The maximum Gasteiger partial charge on any atom is 0.138 e. The first-order chi connectivity index (χ1) is 8.33. The second-order valence-electron chi connectivity index (χ2n) is 4.77. The molecule has 4 heteroatoms. The van der Waals surface area contributed by atoms with Gasteiger partial charge in [-0.25, -0.2) is 4.98 Å². The monoisotopic (exact) mass is 230 g/mol. The summed E-state index contributed by atoms with van der Waals surface area (Å²) in [4.78, 5) is 6.90. The zero-order valence-corrected chi connectivity index (χ0v) is 9.97. The molecule has 2 N–H and O–H groups in total. The average molecular weight is 230 g/mol. The summed E-state index contributed by atoms with van der Waals surface area (Å²) in [7, 11) is 0. The van der Waals surface area contributed by atoms with E-state index < -0.39 is 0 Å². The maximum absolute atomic E-state index is 5.75. The average Bonchev–Trinajstić information content (AvgIpc) is 2.73. The quantitative estimate of drug-likeness (QED) is 0.857. The van der Waals surface area contributed by atoms with Crippen LogP contribution in [0.2, 0.25) is 0 Å². The molecule has 3 heterocycles. The van der Waals surface area contributed by atoms with Gasteiger partial charge in [-0.2, -0.15) is 0 Å². The molecule has 0 saturated carbocycles. The number of piperidine rings is 1. The first kappa shape index (κ1) is 10.6. The molecule has 0 unspecified atom stereocenters. The molecule has 0 spiro atoms. The lowest BCUT2D eigenvalue weighted by Gasteiger charge is -2.25. The van der Waals surface area contributed by atoms with E-state index in [4.69, 9.17) is 5.73 Å². The van der Waals surface area contributed by atoms with Crippen LogP contribution in [-0.2, 0) is 6.54 Å². The van der Waals surface area contributed by atoms with Crippen LogP contribution in [-0.4, -0.2) is 27.4 Å². The Morgan fingerprint density at radius 2 is 2.06 bits per heavy atom. The van der Waals surface area contributed by atoms with Crippen LogP contribution >= 0.6 is 0 Å². The second-order valence-corrected chi connectivity index (χ2v) is 4.77. The van der Waals surface area contributed by atoms with E-state index in [1.54, 1.807) is 0 Å². The molecular formula is C13H18N4. The van der Waals surface area contributed by atoms with Crippen LogP contribution in [0.5, 0.6) is 0 Å². The van der Waals surface area contributed by atoms with Gasteiger partial charge in [0.1, 0.15) is 5.65 Å². The highest BCUT2D eigenvalue weighted by molar-refractivity contribution is 5.52. The zero-order chi connectivity index (χ0) is 11.7. The van der Waals surface area contributed by atoms with Crippen LogP contribution in [0.15, 0.2) is 24.5 Å². The minimum atomic E-state index is 0.771. The van der Waals surface area contributed by atoms with Crippen LogP contribution in [0.1, 0.15) is 25.0 Å². The van der Waals surface area contributed by atoms with Gasteiger partial charge in [0, 0.05) is 24.5 Å². The number of anilines is 1. The third-order valence-electron chi connectivity index (χ3n) is 3.45. The van der Waals surface area contributed by atoms with Crippen molar-refractivity contribution in [2.45, 2.75) is 25.8 Å². The Morgan fingerprint density at radius 1 is 1.24 bits per heavy atom. The number of fused-ring (bicyclic) bond motifs is 1. The molecule has 1 aliphatic heterocycles. The smallest absolute Gasteiger partial charge is 0.138 e. The van der Waals surface area contributed by atoms with Crippen LogP contribution in [0.4, 0.5) is 5.69 Å². The summed E-state index contributed by atoms with van der Waals surface area (Å²) >= 11 is 0. The van der Waals surface area contributed by atoms with Crippen molar-refractivity contribution in [2.75, 3.05) is 18.8 Å². The van der Waals surface area contributed by atoms with E-state index in [0.29, 0.717) is 0 Å². The minimum absolute atomic E-state index is 0.771. The summed E-state index contributed by atoms with van der Waals surface area (Å²) in [5.74, 6) is 0.